The Kier molecular flexibility index (Phi) is 5.01. The average molecular weight is 387 g/mol. The van der Waals surface area contributed by atoms with Gasteiger partial charge in [0.25, 0.3) is 12.3 Å². The third-order valence-corrected chi connectivity index (χ3v) is 4.72. The summed E-state index contributed by atoms with van der Waals surface area (Å²) < 4.78 is 27.1. The van der Waals surface area contributed by atoms with Gasteiger partial charge in [-0.05, 0) is 36.2 Å². The van der Waals surface area contributed by atoms with Gasteiger partial charge in [0.15, 0.2) is 5.65 Å². The van der Waals surface area contributed by atoms with Gasteiger partial charge in [-0.25, -0.2) is 8.78 Å². The largest absolute Gasteiger partial charge is 0.392 e. The SMILES string of the molecule is O=C(Nc1cccc(CN2CCC(O)C2)c1)c1ccc2nnc(C(F)F)n2c1. The Morgan fingerprint density at radius 2 is 2.14 bits per heavy atom. The molecule has 0 aliphatic carbocycles. The van der Waals surface area contributed by atoms with E-state index in [1.54, 1.807) is 6.07 Å². The number of rotatable bonds is 5. The van der Waals surface area contributed by atoms with E-state index in [9.17, 15) is 18.7 Å². The number of likely N-dealkylation sites (tertiary alicyclic amines) is 1. The van der Waals surface area contributed by atoms with E-state index in [1.807, 2.05) is 18.2 Å². The lowest BCUT2D eigenvalue weighted by atomic mass is 10.1. The molecule has 1 fully saturated rings. The number of nitrogens with one attached hydrogen (secondary N) is 1. The van der Waals surface area contributed by atoms with Crippen molar-refractivity contribution in [1.29, 1.82) is 0 Å². The van der Waals surface area contributed by atoms with Gasteiger partial charge in [-0.3, -0.25) is 14.1 Å². The van der Waals surface area contributed by atoms with Crippen LogP contribution >= 0.6 is 0 Å². The number of aliphatic hydroxyl groups excluding tert-OH is 1. The summed E-state index contributed by atoms with van der Waals surface area (Å²) in [6.45, 7) is 2.16. The first-order valence-electron chi connectivity index (χ1n) is 8.93. The number of hydrogen-bond donors (Lipinski definition) is 2. The fraction of sp³-hybridized carbons (Fsp3) is 0.316. The van der Waals surface area contributed by atoms with Crippen LogP contribution < -0.4 is 5.32 Å². The minimum Gasteiger partial charge on any atom is -0.392 e. The van der Waals surface area contributed by atoms with Crippen LogP contribution in [0.1, 0.15) is 34.6 Å². The molecule has 2 N–H and O–H groups in total. The summed E-state index contributed by atoms with van der Waals surface area (Å²) in [5, 5.41) is 19.5. The van der Waals surface area contributed by atoms with Crippen molar-refractivity contribution in [2.45, 2.75) is 25.5 Å². The molecule has 1 unspecified atom stereocenters. The number of amides is 1. The van der Waals surface area contributed by atoms with Gasteiger partial charge >= 0.3 is 0 Å². The summed E-state index contributed by atoms with van der Waals surface area (Å²) in [4.78, 5) is 14.7. The summed E-state index contributed by atoms with van der Waals surface area (Å²) in [6, 6.07) is 10.4. The number of aromatic nitrogens is 3. The number of carbonyl (C=O) groups is 1. The maximum absolute atomic E-state index is 13.0. The molecular formula is C19H19F2N5O2. The molecule has 1 aliphatic rings. The number of aliphatic hydroxyl groups is 1. The quantitative estimate of drug-likeness (QED) is 0.703. The Balaban J connectivity index is 1.49. The van der Waals surface area contributed by atoms with Gasteiger partial charge in [0.05, 0.1) is 11.7 Å². The van der Waals surface area contributed by atoms with Crippen LogP contribution in [0.5, 0.6) is 0 Å². The zero-order valence-corrected chi connectivity index (χ0v) is 14.9. The van der Waals surface area contributed by atoms with Crippen LogP contribution in [0, 0.1) is 0 Å². The van der Waals surface area contributed by atoms with Crippen molar-refractivity contribution in [3.8, 4) is 0 Å². The van der Waals surface area contributed by atoms with E-state index in [1.165, 1.54) is 18.3 Å². The molecule has 4 rings (SSSR count). The molecule has 0 bridgehead atoms. The standard InChI is InChI=1S/C19H19F2N5O2/c20-17(21)18-24-23-16-5-4-13(10-26(16)18)19(28)22-14-3-1-2-12(8-14)9-25-7-6-15(27)11-25/h1-5,8,10,15,17,27H,6-7,9,11H2,(H,22,28). The first-order chi connectivity index (χ1) is 13.5. The zero-order valence-electron chi connectivity index (χ0n) is 14.9. The topological polar surface area (TPSA) is 82.8 Å². The Morgan fingerprint density at radius 1 is 1.29 bits per heavy atom. The van der Waals surface area contributed by atoms with E-state index in [0.717, 1.165) is 22.9 Å². The number of alkyl halides is 2. The summed E-state index contributed by atoms with van der Waals surface area (Å²) in [5.41, 5.74) is 2.10. The highest BCUT2D eigenvalue weighted by Crippen LogP contribution is 2.20. The van der Waals surface area contributed by atoms with Crippen LogP contribution in [-0.2, 0) is 6.54 Å². The molecule has 1 atom stereocenters. The van der Waals surface area contributed by atoms with Crippen LogP contribution in [0.4, 0.5) is 14.5 Å². The highest BCUT2D eigenvalue weighted by atomic mass is 19.3. The van der Waals surface area contributed by atoms with Crippen molar-refractivity contribution in [3.05, 3.63) is 59.5 Å². The van der Waals surface area contributed by atoms with Crippen molar-refractivity contribution >= 4 is 17.2 Å². The van der Waals surface area contributed by atoms with Crippen molar-refractivity contribution in [2.24, 2.45) is 0 Å². The second kappa shape index (κ2) is 7.61. The molecule has 1 saturated heterocycles. The molecule has 0 radical (unpaired) electrons. The average Bonchev–Trinajstić information content (AvgIpc) is 3.27. The van der Waals surface area contributed by atoms with E-state index in [0.29, 0.717) is 18.8 Å². The smallest absolute Gasteiger partial charge is 0.297 e. The van der Waals surface area contributed by atoms with E-state index in [2.05, 4.69) is 20.4 Å². The molecule has 7 nitrogen and oxygen atoms in total. The summed E-state index contributed by atoms with van der Waals surface area (Å²) >= 11 is 0. The van der Waals surface area contributed by atoms with Crippen LogP contribution in [0.2, 0.25) is 0 Å². The van der Waals surface area contributed by atoms with Gasteiger partial charge in [-0.15, -0.1) is 10.2 Å². The molecular weight excluding hydrogens is 368 g/mol. The zero-order chi connectivity index (χ0) is 19.7. The predicted octanol–water partition coefficient (Wildman–Crippen LogP) is 2.49. The maximum atomic E-state index is 13.0. The predicted molar refractivity (Wildman–Crippen MR) is 98.2 cm³/mol. The monoisotopic (exact) mass is 387 g/mol. The van der Waals surface area contributed by atoms with Gasteiger partial charge in [-0.2, -0.15) is 0 Å². The van der Waals surface area contributed by atoms with Crippen LogP contribution in [0.15, 0.2) is 42.6 Å². The fourth-order valence-electron chi connectivity index (χ4n) is 3.36. The first-order valence-corrected chi connectivity index (χ1v) is 8.93. The number of benzene rings is 1. The molecule has 1 aromatic carbocycles. The summed E-state index contributed by atoms with van der Waals surface area (Å²) in [5.74, 6) is -0.913. The van der Waals surface area contributed by atoms with Crippen molar-refractivity contribution < 1.29 is 18.7 Å². The van der Waals surface area contributed by atoms with Gasteiger partial charge in [0, 0.05) is 31.5 Å². The first kappa shape index (κ1) is 18.5. The minimum absolute atomic E-state index is 0.224. The van der Waals surface area contributed by atoms with E-state index >= 15 is 0 Å². The maximum Gasteiger partial charge on any atom is 0.297 e. The molecule has 28 heavy (non-hydrogen) atoms. The number of pyridine rings is 1. The fourth-order valence-corrected chi connectivity index (χ4v) is 3.36. The van der Waals surface area contributed by atoms with Crippen LogP contribution in [0.3, 0.4) is 0 Å². The van der Waals surface area contributed by atoms with E-state index in [4.69, 9.17) is 0 Å². The van der Waals surface area contributed by atoms with Gasteiger partial charge in [-0.1, -0.05) is 12.1 Å². The van der Waals surface area contributed by atoms with Crippen LogP contribution in [0.25, 0.3) is 5.65 Å². The van der Waals surface area contributed by atoms with Gasteiger partial charge < -0.3 is 10.4 Å². The third-order valence-electron chi connectivity index (χ3n) is 4.72. The molecule has 3 aromatic rings. The Hall–Kier alpha value is -2.91. The third kappa shape index (κ3) is 3.85. The highest BCUT2D eigenvalue weighted by Gasteiger charge is 2.20. The lowest BCUT2D eigenvalue weighted by Crippen LogP contribution is -2.21. The number of β-amino-alcohol motifs (C(OH)–C–C–N with tert-alkyl or cyclic N) is 1. The molecule has 1 aliphatic heterocycles. The lowest BCUT2D eigenvalue weighted by Gasteiger charge is -2.15. The Bertz CT molecular complexity index is 1010. The number of carbonyl (C=O) groups excluding carboxylic acids is 1. The minimum atomic E-state index is -2.78. The molecule has 9 heteroatoms. The molecule has 3 heterocycles. The molecule has 1 amide bonds. The van der Waals surface area contributed by atoms with Gasteiger partial charge in [0.1, 0.15) is 0 Å². The highest BCUT2D eigenvalue weighted by molar-refractivity contribution is 6.04. The Labute approximate surface area is 159 Å². The second-order valence-electron chi connectivity index (χ2n) is 6.84. The molecule has 146 valence electrons. The number of halogens is 2. The van der Waals surface area contributed by atoms with Crippen molar-refractivity contribution in [2.75, 3.05) is 18.4 Å². The van der Waals surface area contributed by atoms with Crippen molar-refractivity contribution in [3.63, 3.8) is 0 Å². The molecule has 0 spiro atoms. The number of nitrogens with zero attached hydrogens (tertiary/aromatic N) is 4. The summed E-state index contributed by atoms with van der Waals surface area (Å²) in [6.07, 6.45) is -0.993. The molecule has 2 aromatic heterocycles. The lowest BCUT2D eigenvalue weighted by molar-refractivity contribution is 0.102. The second-order valence-corrected chi connectivity index (χ2v) is 6.84. The summed E-state index contributed by atoms with van der Waals surface area (Å²) in [7, 11) is 0. The van der Waals surface area contributed by atoms with E-state index < -0.39 is 18.2 Å². The Morgan fingerprint density at radius 3 is 2.89 bits per heavy atom. The van der Waals surface area contributed by atoms with Crippen LogP contribution in [-0.4, -0.2) is 49.7 Å². The molecule has 0 saturated carbocycles. The van der Waals surface area contributed by atoms with Crippen molar-refractivity contribution in [1.82, 2.24) is 19.5 Å². The van der Waals surface area contributed by atoms with E-state index in [-0.39, 0.29) is 17.3 Å². The normalized spacial score (nSPS) is 17.5. The number of hydrogen-bond acceptors (Lipinski definition) is 5. The van der Waals surface area contributed by atoms with Gasteiger partial charge in [0.2, 0.25) is 5.82 Å². The number of anilines is 1. The number of fused-ring (bicyclic) bond motifs is 1.